The number of ether oxygens (including phenoxy) is 2. The molecule has 2 rings (SSSR count). The van der Waals surface area contributed by atoms with Crippen LogP contribution in [0.3, 0.4) is 0 Å². The Morgan fingerprint density at radius 3 is 1.56 bits per heavy atom. The molecule has 0 amide bonds. The van der Waals surface area contributed by atoms with Gasteiger partial charge in [0.1, 0.15) is 11.5 Å². The van der Waals surface area contributed by atoms with Crippen molar-refractivity contribution in [2.24, 2.45) is 0 Å². The van der Waals surface area contributed by atoms with Crippen LogP contribution in [0.4, 0.5) is 0 Å². The van der Waals surface area contributed by atoms with Gasteiger partial charge in [-0.2, -0.15) is 23.5 Å². The first-order chi connectivity index (χ1) is 15.3. The Bertz CT molecular complexity index is 816. The second-order valence-electron chi connectivity index (χ2n) is 6.99. The number of aliphatic hydroxyl groups excluding tert-OH is 2. The van der Waals surface area contributed by atoms with Crippen LogP contribution in [0.1, 0.15) is 57.6 Å². The van der Waals surface area contributed by atoms with E-state index < -0.39 is 24.1 Å². The smallest absolute Gasteiger partial charge is 0.374 e. The van der Waals surface area contributed by atoms with Gasteiger partial charge in [0.25, 0.3) is 0 Å². The maximum atomic E-state index is 11.7. The molecule has 0 aliphatic heterocycles. The molecule has 0 aromatic carbocycles. The van der Waals surface area contributed by atoms with Crippen LogP contribution in [0.2, 0.25) is 0 Å². The summed E-state index contributed by atoms with van der Waals surface area (Å²) in [6, 6.07) is 3.30. The summed E-state index contributed by atoms with van der Waals surface area (Å²) in [6.45, 7) is 7.55. The monoisotopic (exact) mass is 486 g/mol. The first-order valence-electron chi connectivity index (χ1n) is 10.3. The molecule has 10 heteroatoms. The highest BCUT2D eigenvalue weighted by molar-refractivity contribution is 7.98. The van der Waals surface area contributed by atoms with E-state index in [-0.39, 0.29) is 24.7 Å². The summed E-state index contributed by atoms with van der Waals surface area (Å²) in [4.78, 5) is 23.5. The minimum absolute atomic E-state index is 0.164. The van der Waals surface area contributed by atoms with Gasteiger partial charge >= 0.3 is 11.9 Å². The lowest BCUT2D eigenvalue weighted by atomic mass is 10.2. The average molecular weight is 487 g/mol. The van der Waals surface area contributed by atoms with Crippen molar-refractivity contribution in [2.45, 2.75) is 51.4 Å². The second-order valence-corrected chi connectivity index (χ2v) is 9.05. The number of furan rings is 2. The van der Waals surface area contributed by atoms with Crippen molar-refractivity contribution in [3.8, 4) is 0 Å². The molecule has 0 aliphatic carbocycles. The minimum atomic E-state index is -0.898. The van der Waals surface area contributed by atoms with E-state index in [4.69, 9.17) is 18.3 Å². The Morgan fingerprint density at radius 2 is 1.22 bits per heavy atom. The van der Waals surface area contributed by atoms with E-state index >= 15 is 0 Å². The van der Waals surface area contributed by atoms with Gasteiger partial charge < -0.3 is 28.5 Å². The molecule has 2 N–H and O–H groups in total. The highest BCUT2D eigenvalue weighted by Gasteiger charge is 2.20. The quantitative estimate of drug-likeness (QED) is 0.405. The van der Waals surface area contributed by atoms with E-state index in [9.17, 15) is 19.8 Å². The molecule has 0 unspecified atom stereocenters. The number of carbonyl (C=O) groups is 2. The lowest BCUT2D eigenvalue weighted by Gasteiger charge is -2.17. The zero-order valence-corrected chi connectivity index (χ0v) is 20.3. The maximum Gasteiger partial charge on any atom is 0.374 e. The third kappa shape index (κ3) is 7.61. The van der Waals surface area contributed by atoms with E-state index in [1.54, 1.807) is 39.8 Å². The molecule has 0 saturated carbocycles. The molecule has 2 aromatic heterocycles. The van der Waals surface area contributed by atoms with E-state index in [1.807, 2.05) is 0 Å². The number of aryl methyl sites for hydroxylation is 2. The molecule has 0 aliphatic rings. The maximum absolute atomic E-state index is 11.7. The molecule has 2 heterocycles. The van der Waals surface area contributed by atoms with Crippen molar-refractivity contribution >= 4 is 35.5 Å². The number of hydrogen-bond donors (Lipinski definition) is 2. The van der Waals surface area contributed by atoms with Gasteiger partial charge in [-0.1, -0.05) is 0 Å². The summed E-state index contributed by atoms with van der Waals surface area (Å²) in [6.07, 6.45) is -1.80. The summed E-state index contributed by atoms with van der Waals surface area (Å²) in [7, 11) is 0. The molecule has 8 nitrogen and oxygen atoms in total. The molecule has 0 fully saturated rings. The molecule has 0 radical (unpaired) electrons. The summed E-state index contributed by atoms with van der Waals surface area (Å²) < 4.78 is 20.7. The van der Waals surface area contributed by atoms with Crippen LogP contribution in [-0.2, 0) is 21.0 Å². The number of aliphatic hydroxyl groups is 2. The van der Waals surface area contributed by atoms with Crippen molar-refractivity contribution in [3.05, 3.63) is 46.3 Å². The first-order valence-corrected chi connectivity index (χ1v) is 12.6. The number of esters is 2. The van der Waals surface area contributed by atoms with Gasteiger partial charge in [-0.25, -0.2) is 9.59 Å². The number of rotatable bonds is 13. The van der Waals surface area contributed by atoms with Gasteiger partial charge in [0, 0.05) is 34.1 Å². The van der Waals surface area contributed by atoms with Crippen LogP contribution in [-0.4, -0.2) is 59.1 Å². The SMILES string of the molecule is CCOC(=O)c1cc(CSC[C@H](O)[C@@H](O)CSCc2cc(C(=O)OCC)oc2C)c(C)o1. The lowest BCUT2D eigenvalue weighted by molar-refractivity contribution is 0.0480. The Labute approximate surface area is 196 Å². The van der Waals surface area contributed by atoms with Crippen molar-refractivity contribution < 1.29 is 38.1 Å². The molecule has 2 atom stereocenters. The van der Waals surface area contributed by atoms with Crippen LogP contribution in [0, 0.1) is 13.8 Å². The van der Waals surface area contributed by atoms with Crippen molar-refractivity contribution in [2.75, 3.05) is 24.7 Å². The predicted octanol–water partition coefficient (Wildman–Crippen LogP) is 3.73. The summed E-state index contributed by atoms with van der Waals surface area (Å²) in [5.74, 6) is 2.33. The fourth-order valence-corrected chi connectivity index (χ4v) is 4.91. The normalized spacial score (nSPS) is 13.1. The Kier molecular flexibility index (Phi) is 10.7. The van der Waals surface area contributed by atoms with E-state index in [0.29, 0.717) is 34.5 Å². The minimum Gasteiger partial charge on any atom is -0.460 e. The van der Waals surface area contributed by atoms with Crippen molar-refractivity contribution in [3.63, 3.8) is 0 Å². The molecule has 0 spiro atoms. The van der Waals surface area contributed by atoms with Crippen molar-refractivity contribution in [1.29, 1.82) is 0 Å². The average Bonchev–Trinajstić information content (AvgIpc) is 3.31. The predicted molar refractivity (Wildman–Crippen MR) is 123 cm³/mol. The standard InChI is InChI=1S/C22H30O8S2/c1-5-27-21(25)19-7-15(13(3)29-19)9-31-11-17(23)18(24)12-32-10-16-8-20(30-14(16)4)22(26)28-6-2/h7-8,17-18,23-24H,5-6,9-12H2,1-4H3/t17-,18-/m0/s1. The van der Waals surface area contributed by atoms with Crippen LogP contribution >= 0.6 is 23.5 Å². The van der Waals surface area contributed by atoms with Gasteiger partial charge in [-0.15, -0.1) is 0 Å². The Morgan fingerprint density at radius 1 is 0.844 bits per heavy atom. The van der Waals surface area contributed by atoms with E-state index in [1.165, 1.54) is 23.5 Å². The van der Waals surface area contributed by atoms with Crippen LogP contribution in [0.15, 0.2) is 21.0 Å². The van der Waals surface area contributed by atoms with Gasteiger partial charge in [-0.3, -0.25) is 0 Å². The van der Waals surface area contributed by atoms with Gasteiger partial charge in [0.05, 0.1) is 25.4 Å². The molecular weight excluding hydrogens is 456 g/mol. The van der Waals surface area contributed by atoms with Gasteiger partial charge in [0.2, 0.25) is 11.5 Å². The lowest BCUT2D eigenvalue weighted by Crippen LogP contribution is -2.30. The second kappa shape index (κ2) is 13.0. The van der Waals surface area contributed by atoms with Crippen LogP contribution in [0.5, 0.6) is 0 Å². The van der Waals surface area contributed by atoms with E-state index in [2.05, 4.69) is 0 Å². The fraction of sp³-hybridized carbons (Fsp3) is 0.545. The van der Waals surface area contributed by atoms with E-state index in [0.717, 1.165) is 11.1 Å². The van der Waals surface area contributed by atoms with Crippen molar-refractivity contribution in [1.82, 2.24) is 0 Å². The zero-order valence-electron chi connectivity index (χ0n) is 18.7. The Balaban J connectivity index is 1.74. The van der Waals surface area contributed by atoms with Gasteiger partial charge in [0.15, 0.2) is 0 Å². The topological polar surface area (TPSA) is 119 Å². The summed E-state index contributed by atoms with van der Waals surface area (Å²) in [5, 5.41) is 20.5. The first kappa shape index (κ1) is 26.4. The van der Waals surface area contributed by atoms with Gasteiger partial charge in [-0.05, 0) is 39.8 Å². The summed E-state index contributed by atoms with van der Waals surface area (Å²) in [5.41, 5.74) is 1.70. The number of carbonyl (C=O) groups excluding carboxylic acids is 2. The molecule has 0 saturated heterocycles. The molecule has 0 bridgehead atoms. The summed E-state index contributed by atoms with van der Waals surface area (Å²) >= 11 is 2.88. The number of thioether (sulfide) groups is 2. The highest BCUT2D eigenvalue weighted by Crippen LogP contribution is 2.24. The third-order valence-electron chi connectivity index (χ3n) is 4.53. The third-order valence-corrected chi connectivity index (χ3v) is 6.72. The molecule has 2 aromatic rings. The Hall–Kier alpha value is -1.88. The van der Waals surface area contributed by atoms with Crippen LogP contribution < -0.4 is 0 Å². The number of hydrogen-bond acceptors (Lipinski definition) is 10. The zero-order chi connectivity index (χ0) is 23.7. The molecule has 178 valence electrons. The fourth-order valence-electron chi connectivity index (χ4n) is 2.73. The van der Waals surface area contributed by atoms with Crippen LogP contribution in [0.25, 0.3) is 0 Å². The molecular formula is C22H30O8S2. The highest BCUT2D eigenvalue weighted by atomic mass is 32.2. The largest absolute Gasteiger partial charge is 0.460 e. The molecule has 32 heavy (non-hydrogen) atoms.